The Bertz CT molecular complexity index is 1250. The highest BCUT2D eigenvalue weighted by molar-refractivity contribution is 5.95. The Kier molecular flexibility index (Phi) is 10.7. The molecule has 1 amide bonds. The van der Waals surface area contributed by atoms with Gasteiger partial charge in [0.2, 0.25) is 0 Å². The van der Waals surface area contributed by atoms with Crippen molar-refractivity contribution in [1.29, 1.82) is 0 Å². The number of rotatable bonds is 8. The lowest BCUT2D eigenvalue weighted by molar-refractivity contribution is -0.274. The minimum atomic E-state index is -4.76. The van der Waals surface area contributed by atoms with Gasteiger partial charge in [0, 0.05) is 24.2 Å². The number of halogens is 3. The first-order valence-corrected chi connectivity index (χ1v) is 13.9. The number of carbonyl (C=O) groups excluding carboxylic acids is 1. The predicted molar refractivity (Wildman–Crippen MR) is 154 cm³/mol. The summed E-state index contributed by atoms with van der Waals surface area (Å²) in [7, 11) is 0. The lowest BCUT2D eigenvalue weighted by Crippen LogP contribution is -2.39. The number of piperidine rings is 1. The molecule has 0 unspecified atom stereocenters. The summed E-state index contributed by atoms with van der Waals surface area (Å²) in [5.74, 6) is 0.493. The van der Waals surface area contributed by atoms with Gasteiger partial charge in [-0.15, -0.1) is 13.2 Å². The second-order valence-corrected chi connectivity index (χ2v) is 10.6. The van der Waals surface area contributed by atoms with Gasteiger partial charge >= 0.3 is 6.36 Å². The Morgan fingerprint density at radius 2 is 1.65 bits per heavy atom. The van der Waals surface area contributed by atoms with Gasteiger partial charge in [-0.3, -0.25) is 4.79 Å². The molecule has 0 radical (unpaired) electrons. The van der Waals surface area contributed by atoms with Crippen molar-refractivity contribution in [3.63, 3.8) is 0 Å². The number of nitrogens with one attached hydrogen (secondary N) is 1. The van der Waals surface area contributed by atoms with E-state index >= 15 is 0 Å². The van der Waals surface area contributed by atoms with E-state index in [4.69, 9.17) is 9.72 Å². The van der Waals surface area contributed by atoms with Crippen LogP contribution in [0, 0.1) is 12.3 Å². The second-order valence-electron chi connectivity index (χ2n) is 10.6. The quantitative estimate of drug-likeness (QED) is 0.301. The van der Waals surface area contributed by atoms with Gasteiger partial charge in [-0.25, -0.2) is 4.98 Å². The average molecular weight is 560 g/mol. The van der Waals surface area contributed by atoms with E-state index in [1.807, 2.05) is 19.1 Å². The molecule has 2 aromatic carbocycles. The molecule has 0 saturated carbocycles. The first-order chi connectivity index (χ1) is 18.9. The number of hydrogen-bond donors (Lipinski definition) is 1. The van der Waals surface area contributed by atoms with E-state index in [0.717, 1.165) is 60.3 Å². The van der Waals surface area contributed by atoms with Crippen LogP contribution < -0.4 is 19.7 Å². The summed E-state index contributed by atoms with van der Waals surface area (Å²) in [6.45, 7) is 12.6. The molecule has 1 fully saturated rings. The van der Waals surface area contributed by atoms with Gasteiger partial charge in [0.15, 0.2) is 6.61 Å². The van der Waals surface area contributed by atoms with Crippen LogP contribution in [-0.4, -0.2) is 36.9 Å². The Hall–Kier alpha value is -3.49. The molecule has 9 heteroatoms. The van der Waals surface area contributed by atoms with E-state index < -0.39 is 6.36 Å². The summed E-state index contributed by atoms with van der Waals surface area (Å²) in [4.78, 5) is 19.6. The summed E-state index contributed by atoms with van der Waals surface area (Å²) in [6, 6.07) is 12.6. The minimum Gasteiger partial charge on any atom is -0.484 e. The number of aromatic nitrogens is 1. The normalized spacial score (nSPS) is 14.8. The predicted octanol–water partition coefficient (Wildman–Crippen LogP) is 8.28. The van der Waals surface area contributed by atoms with Crippen LogP contribution in [0.25, 0.3) is 10.9 Å². The fourth-order valence-corrected chi connectivity index (χ4v) is 4.83. The molecule has 1 saturated heterocycles. The standard InChI is InChI=1S/C28H32F3N3O3.C3H8/c1-4-11-27(3)12-14-34(15-13-27)25-16-19(2)23-17-20(5-10-24(23)33-25)32-26(35)18-36-21-6-8-22(9-7-21)37-28(29,30)31;1-3-2/h5-10,16-17H,4,11-15,18H2,1-3H3,(H,32,35);3H2,1-2H3. The molecule has 3 aromatic rings. The highest BCUT2D eigenvalue weighted by Crippen LogP contribution is 2.37. The van der Waals surface area contributed by atoms with Crippen LogP contribution in [0.3, 0.4) is 0 Å². The SMILES string of the molecule is CCC.CCCC1(C)CCN(c2cc(C)c3cc(NC(=O)COc4ccc(OC(F)(F)F)cc4)ccc3n2)CC1. The van der Waals surface area contributed by atoms with E-state index in [0.29, 0.717) is 11.1 Å². The van der Waals surface area contributed by atoms with Crippen molar-refractivity contribution in [1.82, 2.24) is 4.98 Å². The third-order valence-electron chi connectivity index (χ3n) is 6.86. The number of anilines is 2. The minimum absolute atomic E-state index is 0.253. The van der Waals surface area contributed by atoms with E-state index in [-0.39, 0.29) is 24.0 Å². The fourth-order valence-electron chi connectivity index (χ4n) is 4.83. The number of pyridine rings is 1. The molecule has 6 nitrogen and oxygen atoms in total. The Morgan fingerprint density at radius 3 is 2.25 bits per heavy atom. The van der Waals surface area contributed by atoms with Crippen LogP contribution in [-0.2, 0) is 4.79 Å². The lowest BCUT2D eigenvalue weighted by Gasteiger charge is -2.40. The van der Waals surface area contributed by atoms with Crippen LogP contribution in [0.1, 0.15) is 65.4 Å². The summed E-state index contributed by atoms with van der Waals surface area (Å²) >= 11 is 0. The van der Waals surface area contributed by atoms with Crippen molar-refractivity contribution in [2.75, 3.05) is 29.9 Å². The molecular weight excluding hydrogens is 519 g/mol. The van der Waals surface area contributed by atoms with Crippen LogP contribution in [0.2, 0.25) is 0 Å². The van der Waals surface area contributed by atoms with Gasteiger partial charge in [0.05, 0.1) is 5.52 Å². The summed E-state index contributed by atoms with van der Waals surface area (Å²) in [5.41, 5.74) is 2.97. The van der Waals surface area contributed by atoms with Gasteiger partial charge in [0.1, 0.15) is 17.3 Å². The van der Waals surface area contributed by atoms with Crippen LogP contribution in [0.5, 0.6) is 11.5 Å². The van der Waals surface area contributed by atoms with Gasteiger partial charge in [-0.2, -0.15) is 0 Å². The highest BCUT2D eigenvalue weighted by atomic mass is 19.4. The zero-order valence-electron chi connectivity index (χ0n) is 24.0. The Balaban J connectivity index is 0.00000141. The van der Waals surface area contributed by atoms with Gasteiger partial charge in [-0.05, 0) is 85.7 Å². The third-order valence-corrected chi connectivity index (χ3v) is 6.86. The number of fused-ring (bicyclic) bond motifs is 1. The number of amides is 1. The molecule has 2 heterocycles. The number of benzene rings is 2. The zero-order chi connectivity index (χ0) is 29.3. The summed E-state index contributed by atoms with van der Waals surface area (Å²) in [6.07, 6.45) is 1.29. The molecular formula is C31H40F3N3O3. The third kappa shape index (κ3) is 9.03. The van der Waals surface area contributed by atoms with E-state index in [1.165, 1.54) is 31.4 Å². The topological polar surface area (TPSA) is 63.7 Å². The van der Waals surface area contributed by atoms with Crippen molar-refractivity contribution in [2.24, 2.45) is 5.41 Å². The molecule has 0 spiro atoms. The Morgan fingerprint density at radius 1 is 1.02 bits per heavy atom. The number of aryl methyl sites for hydroxylation is 1. The van der Waals surface area contributed by atoms with Crippen molar-refractivity contribution in [3.8, 4) is 11.5 Å². The smallest absolute Gasteiger partial charge is 0.484 e. The first kappa shape index (κ1) is 31.0. The molecule has 4 rings (SSSR count). The fraction of sp³-hybridized carbons (Fsp3) is 0.484. The molecule has 1 N–H and O–H groups in total. The van der Waals surface area contributed by atoms with Gasteiger partial charge in [-0.1, -0.05) is 40.5 Å². The van der Waals surface area contributed by atoms with Crippen LogP contribution in [0.15, 0.2) is 48.5 Å². The Labute approximate surface area is 234 Å². The van der Waals surface area contributed by atoms with Gasteiger partial charge in [0.25, 0.3) is 5.91 Å². The van der Waals surface area contributed by atoms with Crippen molar-refractivity contribution >= 4 is 28.3 Å². The van der Waals surface area contributed by atoms with Crippen LogP contribution >= 0.6 is 0 Å². The molecule has 40 heavy (non-hydrogen) atoms. The van der Waals surface area contributed by atoms with Gasteiger partial charge < -0.3 is 19.7 Å². The number of nitrogens with zero attached hydrogens (tertiary/aromatic N) is 2. The maximum atomic E-state index is 12.4. The molecule has 1 aliphatic rings. The number of alkyl halides is 3. The summed E-state index contributed by atoms with van der Waals surface area (Å²) < 4.78 is 46.0. The molecule has 1 aliphatic heterocycles. The monoisotopic (exact) mass is 559 g/mol. The van der Waals surface area contributed by atoms with E-state index in [2.05, 4.69) is 48.7 Å². The summed E-state index contributed by atoms with van der Waals surface area (Å²) in [5, 5.41) is 3.75. The zero-order valence-corrected chi connectivity index (χ0v) is 24.0. The molecule has 218 valence electrons. The van der Waals surface area contributed by atoms with E-state index in [1.54, 1.807) is 6.07 Å². The molecule has 1 aromatic heterocycles. The highest BCUT2D eigenvalue weighted by Gasteiger charge is 2.31. The average Bonchev–Trinajstić information content (AvgIpc) is 2.89. The molecule has 0 aliphatic carbocycles. The van der Waals surface area contributed by atoms with Crippen LogP contribution in [0.4, 0.5) is 24.7 Å². The largest absolute Gasteiger partial charge is 0.573 e. The number of ether oxygens (including phenoxy) is 2. The molecule has 0 bridgehead atoms. The second kappa shape index (κ2) is 13.7. The number of hydrogen-bond acceptors (Lipinski definition) is 5. The van der Waals surface area contributed by atoms with Crippen molar-refractivity contribution in [2.45, 2.75) is 73.1 Å². The maximum absolute atomic E-state index is 12.4. The van der Waals surface area contributed by atoms with Crippen molar-refractivity contribution < 1.29 is 27.4 Å². The number of carbonyl (C=O) groups is 1. The van der Waals surface area contributed by atoms with Crippen molar-refractivity contribution in [3.05, 3.63) is 54.1 Å². The lowest BCUT2D eigenvalue weighted by atomic mass is 9.77. The first-order valence-electron chi connectivity index (χ1n) is 13.9. The van der Waals surface area contributed by atoms with E-state index in [9.17, 15) is 18.0 Å². The molecule has 0 atom stereocenters. The maximum Gasteiger partial charge on any atom is 0.573 e.